The number of aliphatic imine (C=N–C) groups is 1. The second kappa shape index (κ2) is 5.69. The summed E-state index contributed by atoms with van der Waals surface area (Å²) >= 11 is 0. The van der Waals surface area contributed by atoms with Crippen molar-refractivity contribution in [2.24, 2.45) is 10.4 Å². The van der Waals surface area contributed by atoms with Crippen LogP contribution in [0.4, 0.5) is 0 Å². The lowest BCUT2D eigenvalue weighted by atomic mass is 9.96. The maximum absolute atomic E-state index is 12.3. The Morgan fingerprint density at radius 2 is 1.83 bits per heavy atom. The Bertz CT molecular complexity index is 769. The lowest BCUT2D eigenvalue weighted by Crippen LogP contribution is -2.33. The number of hydrogen-bond acceptors (Lipinski definition) is 3. The molecule has 1 aliphatic rings. The predicted octanol–water partition coefficient (Wildman–Crippen LogP) is 3.47. The molecule has 4 heteroatoms. The number of amides is 1. The Morgan fingerprint density at radius 3 is 2.52 bits per heavy atom. The minimum absolute atomic E-state index is 0.123. The van der Waals surface area contributed by atoms with Crippen LogP contribution in [0.1, 0.15) is 32.4 Å². The molecule has 2 atom stereocenters. The van der Waals surface area contributed by atoms with E-state index >= 15 is 0 Å². The first kappa shape index (κ1) is 15.5. The lowest BCUT2D eigenvalue weighted by Gasteiger charge is -2.22. The zero-order chi connectivity index (χ0) is 16.6. The first-order valence-electron chi connectivity index (χ1n) is 7.86. The molecule has 1 amide bonds. The molecule has 0 fully saturated rings. The average molecular weight is 310 g/mol. The first-order chi connectivity index (χ1) is 10.9. The van der Waals surface area contributed by atoms with Crippen LogP contribution in [0.25, 0.3) is 10.8 Å². The number of ether oxygens (including phenoxy) is 1. The lowest BCUT2D eigenvalue weighted by molar-refractivity contribution is -0.123. The molecule has 0 spiro atoms. The van der Waals surface area contributed by atoms with E-state index in [1.54, 1.807) is 7.05 Å². The van der Waals surface area contributed by atoms with Crippen LogP contribution in [0.5, 0.6) is 0 Å². The van der Waals surface area contributed by atoms with E-state index in [1.807, 2.05) is 45.0 Å². The number of fused-ring (bicyclic) bond motifs is 1. The van der Waals surface area contributed by atoms with Crippen LogP contribution >= 0.6 is 0 Å². The Hall–Kier alpha value is -2.36. The number of likely N-dealkylation sites (N-methyl/N-ethyl adjacent to an activating group) is 1. The molecule has 23 heavy (non-hydrogen) atoms. The number of benzene rings is 2. The molecule has 1 N–H and O–H groups in total. The monoisotopic (exact) mass is 310 g/mol. The van der Waals surface area contributed by atoms with Crippen molar-refractivity contribution >= 4 is 22.6 Å². The van der Waals surface area contributed by atoms with E-state index in [4.69, 9.17) is 4.74 Å². The molecule has 0 bridgehead atoms. The molecular weight excluding hydrogens is 288 g/mol. The quantitative estimate of drug-likeness (QED) is 0.923. The van der Waals surface area contributed by atoms with Gasteiger partial charge in [-0.25, -0.2) is 4.99 Å². The Kier molecular flexibility index (Phi) is 3.84. The van der Waals surface area contributed by atoms with Crippen LogP contribution in [0.2, 0.25) is 0 Å². The van der Waals surface area contributed by atoms with E-state index in [1.165, 1.54) is 0 Å². The summed E-state index contributed by atoms with van der Waals surface area (Å²) in [5.74, 6) is 0.506. The van der Waals surface area contributed by atoms with E-state index in [2.05, 4.69) is 28.5 Å². The summed E-state index contributed by atoms with van der Waals surface area (Å²) in [6, 6.07) is 13.7. The van der Waals surface area contributed by atoms with Gasteiger partial charge in [0.25, 0.3) is 0 Å². The van der Waals surface area contributed by atoms with Crippen molar-refractivity contribution in [3.8, 4) is 0 Å². The zero-order valence-electron chi connectivity index (χ0n) is 14.0. The van der Waals surface area contributed by atoms with Crippen LogP contribution < -0.4 is 5.32 Å². The minimum atomic E-state index is -0.556. The number of hydrogen-bond donors (Lipinski definition) is 1. The van der Waals surface area contributed by atoms with Crippen LogP contribution in [-0.2, 0) is 9.53 Å². The second-order valence-corrected chi connectivity index (χ2v) is 6.85. The van der Waals surface area contributed by atoms with Crippen molar-refractivity contribution in [1.29, 1.82) is 0 Å². The molecule has 0 unspecified atom stereocenters. The van der Waals surface area contributed by atoms with Gasteiger partial charge < -0.3 is 10.1 Å². The molecule has 1 aliphatic heterocycles. The van der Waals surface area contributed by atoms with Crippen molar-refractivity contribution in [2.45, 2.75) is 32.9 Å². The van der Waals surface area contributed by atoms with Gasteiger partial charge in [0.05, 0.1) is 0 Å². The van der Waals surface area contributed by atoms with Crippen LogP contribution in [0.3, 0.4) is 0 Å². The first-order valence-corrected chi connectivity index (χ1v) is 7.86. The largest absolute Gasteiger partial charge is 0.470 e. The molecule has 0 saturated carbocycles. The van der Waals surface area contributed by atoms with E-state index in [0.29, 0.717) is 5.90 Å². The topological polar surface area (TPSA) is 50.7 Å². The summed E-state index contributed by atoms with van der Waals surface area (Å²) in [6.07, 6.45) is -0.393. The molecule has 2 aromatic rings. The minimum Gasteiger partial charge on any atom is -0.470 e. The fourth-order valence-electron chi connectivity index (χ4n) is 2.86. The smallest absolute Gasteiger partial charge is 0.248 e. The molecule has 0 aromatic heterocycles. The number of rotatable bonds is 2. The number of nitrogens with zero attached hydrogens (tertiary/aromatic N) is 1. The van der Waals surface area contributed by atoms with Crippen molar-refractivity contribution in [3.63, 3.8) is 0 Å². The highest BCUT2D eigenvalue weighted by molar-refractivity contribution is 5.93. The van der Waals surface area contributed by atoms with E-state index in [9.17, 15) is 4.79 Å². The van der Waals surface area contributed by atoms with Gasteiger partial charge in [0.1, 0.15) is 0 Å². The molecule has 0 aliphatic carbocycles. The third-order valence-corrected chi connectivity index (χ3v) is 4.07. The molecule has 1 heterocycles. The van der Waals surface area contributed by atoms with Crippen molar-refractivity contribution in [3.05, 3.63) is 48.0 Å². The van der Waals surface area contributed by atoms with Gasteiger partial charge in [-0.1, -0.05) is 63.2 Å². The standard InChI is InChI=1S/C19H22N2O2/c1-19(2,3)18-21-15(17(22)20-4)16(23-18)14-11-7-9-12-8-5-6-10-13(12)14/h5-11,15-16H,1-4H3,(H,20,22)/t15-,16-/m1/s1. The summed E-state index contributed by atoms with van der Waals surface area (Å²) in [5, 5.41) is 4.93. The maximum Gasteiger partial charge on any atom is 0.248 e. The van der Waals surface area contributed by atoms with Crippen molar-refractivity contribution < 1.29 is 9.53 Å². The van der Waals surface area contributed by atoms with Crippen molar-refractivity contribution in [1.82, 2.24) is 5.32 Å². The van der Waals surface area contributed by atoms with Gasteiger partial charge in [0, 0.05) is 18.0 Å². The van der Waals surface area contributed by atoms with Crippen LogP contribution in [-0.4, -0.2) is 24.9 Å². The third kappa shape index (κ3) is 2.81. The highest BCUT2D eigenvalue weighted by atomic mass is 16.5. The van der Waals surface area contributed by atoms with Gasteiger partial charge in [-0.05, 0) is 10.8 Å². The van der Waals surface area contributed by atoms with E-state index in [-0.39, 0.29) is 11.3 Å². The highest BCUT2D eigenvalue weighted by Crippen LogP contribution is 2.37. The molecule has 2 aromatic carbocycles. The molecule has 0 radical (unpaired) electrons. The van der Waals surface area contributed by atoms with Crippen LogP contribution in [0.15, 0.2) is 47.5 Å². The van der Waals surface area contributed by atoms with Gasteiger partial charge in [-0.3, -0.25) is 4.79 Å². The summed E-state index contributed by atoms with van der Waals surface area (Å²) in [6.45, 7) is 6.12. The number of nitrogens with one attached hydrogen (secondary N) is 1. The van der Waals surface area contributed by atoms with E-state index < -0.39 is 12.1 Å². The summed E-state index contributed by atoms with van der Waals surface area (Å²) in [7, 11) is 1.63. The summed E-state index contributed by atoms with van der Waals surface area (Å²) in [5.41, 5.74) is 0.769. The van der Waals surface area contributed by atoms with Gasteiger partial charge >= 0.3 is 0 Å². The Labute approximate surface area is 136 Å². The predicted molar refractivity (Wildman–Crippen MR) is 92.5 cm³/mol. The molecule has 3 rings (SSSR count). The van der Waals surface area contributed by atoms with Gasteiger partial charge in [-0.15, -0.1) is 0 Å². The molecule has 120 valence electrons. The van der Waals surface area contributed by atoms with Gasteiger partial charge in [0.2, 0.25) is 5.91 Å². The fraction of sp³-hybridized carbons (Fsp3) is 0.368. The fourth-order valence-corrected chi connectivity index (χ4v) is 2.86. The average Bonchev–Trinajstić information content (AvgIpc) is 2.99. The normalized spacial score (nSPS) is 21.0. The Balaban J connectivity index is 2.08. The van der Waals surface area contributed by atoms with Gasteiger partial charge in [0.15, 0.2) is 18.0 Å². The molecule has 4 nitrogen and oxygen atoms in total. The second-order valence-electron chi connectivity index (χ2n) is 6.85. The highest BCUT2D eigenvalue weighted by Gasteiger charge is 2.41. The third-order valence-electron chi connectivity index (χ3n) is 4.07. The summed E-state index contributed by atoms with van der Waals surface area (Å²) in [4.78, 5) is 16.9. The Morgan fingerprint density at radius 1 is 1.13 bits per heavy atom. The SMILES string of the molecule is CNC(=O)[C@@H]1N=C(C(C)(C)C)O[C@@H]1c1cccc2ccccc12. The van der Waals surface area contributed by atoms with Crippen LogP contribution in [0, 0.1) is 5.41 Å². The van der Waals surface area contributed by atoms with E-state index in [0.717, 1.165) is 16.3 Å². The molecule has 0 saturated heterocycles. The maximum atomic E-state index is 12.3. The van der Waals surface area contributed by atoms with Crippen molar-refractivity contribution in [2.75, 3.05) is 7.05 Å². The zero-order valence-corrected chi connectivity index (χ0v) is 14.0. The summed E-state index contributed by atoms with van der Waals surface area (Å²) < 4.78 is 6.14. The number of carbonyl (C=O) groups excluding carboxylic acids is 1. The molecular formula is C19H22N2O2. The van der Waals surface area contributed by atoms with Gasteiger partial charge in [-0.2, -0.15) is 0 Å². The number of carbonyl (C=O) groups is 1.